The van der Waals surface area contributed by atoms with Gasteiger partial charge in [0.2, 0.25) is 5.91 Å². The maximum absolute atomic E-state index is 11.5. The molecule has 2 saturated heterocycles. The number of ether oxygens (including phenoxy) is 1. The van der Waals surface area contributed by atoms with Crippen LogP contribution in [0.4, 0.5) is 5.13 Å². The molecule has 1 N–H and O–H groups in total. The van der Waals surface area contributed by atoms with Crippen LogP contribution in [0.15, 0.2) is 0 Å². The van der Waals surface area contributed by atoms with E-state index >= 15 is 0 Å². The van der Waals surface area contributed by atoms with Crippen LogP contribution in [0.1, 0.15) is 57.4 Å². The first-order valence-corrected chi connectivity index (χ1v) is 9.97. The van der Waals surface area contributed by atoms with E-state index in [-0.39, 0.29) is 24.2 Å². The lowest BCUT2D eigenvalue weighted by Crippen LogP contribution is -2.43. The molecule has 0 radical (unpaired) electrons. The van der Waals surface area contributed by atoms with Gasteiger partial charge in [-0.2, -0.15) is 0 Å². The van der Waals surface area contributed by atoms with E-state index in [1.807, 2.05) is 0 Å². The number of hydrogen-bond acceptors (Lipinski definition) is 5. The third kappa shape index (κ3) is 4.03. The van der Waals surface area contributed by atoms with E-state index in [1.54, 1.807) is 18.3 Å². The molecule has 134 valence electrons. The Hall–Kier alpha value is -0.850. The van der Waals surface area contributed by atoms with E-state index in [0.29, 0.717) is 11.1 Å². The Labute approximate surface area is 152 Å². The number of thiazole rings is 1. The second-order valence-electron chi connectivity index (χ2n) is 7.12. The summed E-state index contributed by atoms with van der Waals surface area (Å²) in [7, 11) is 0. The Morgan fingerprint density at radius 2 is 2.08 bits per heavy atom. The van der Waals surface area contributed by atoms with Crippen molar-refractivity contribution < 1.29 is 9.53 Å². The molecule has 3 atom stereocenters. The van der Waals surface area contributed by atoms with Gasteiger partial charge < -0.3 is 15.0 Å². The Kier molecular flexibility index (Phi) is 5.67. The van der Waals surface area contributed by atoms with Gasteiger partial charge in [0.1, 0.15) is 5.15 Å². The highest BCUT2D eigenvalue weighted by Gasteiger charge is 2.35. The zero-order valence-electron chi connectivity index (χ0n) is 14.5. The summed E-state index contributed by atoms with van der Waals surface area (Å²) in [6.45, 7) is 7.99. The third-order valence-corrected chi connectivity index (χ3v) is 6.38. The van der Waals surface area contributed by atoms with Crippen LogP contribution < -0.4 is 10.2 Å². The molecular formula is C17H26ClN3O2S. The summed E-state index contributed by atoms with van der Waals surface area (Å²) >= 11 is 8.09. The van der Waals surface area contributed by atoms with E-state index in [4.69, 9.17) is 16.3 Å². The molecule has 5 nitrogen and oxygen atoms in total. The quantitative estimate of drug-likeness (QED) is 0.875. The maximum Gasteiger partial charge on any atom is 0.217 e. The lowest BCUT2D eigenvalue weighted by molar-refractivity contribution is -0.123. The molecule has 1 aromatic rings. The highest BCUT2D eigenvalue weighted by Crippen LogP contribution is 2.42. The predicted octanol–water partition coefficient (Wildman–Crippen LogP) is 3.78. The predicted molar refractivity (Wildman–Crippen MR) is 97.9 cm³/mol. The van der Waals surface area contributed by atoms with Crippen LogP contribution in [0, 0.1) is 5.92 Å². The summed E-state index contributed by atoms with van der Waals surface area (Å²) in [6.07, 6.45) is 4.06. The molecule has 0 unspecified atom stereocenters. The van der Waals surface area contributed by atoms with Crippen molar-refractivity contribution in [2.45, 2.75) is 64.7 Å². The molecule has 0 aromatic carbocycles. The molecule has 0 bridgehead atoms. The number of nitrogens with one attached hydrogen (secondary N) is 1. The van der Waals surface area contributed by atoms with E-state index < -0.39 is 0 Å². The largest absolute Gasteiger partial charge is 0.369 e. The molecule has 1 aromatic heterocycles. The Morgan fingerprint density at radius 1 is 1.38 bits per heavy atom. The van der Waals surface area contributed by atoms with E-state index in [0.717, 1.165) is 35.9 Å². The molecule has 3 heterocycles. The van der Waals surface area contributed by atoms with Crippen LogP contribution >= 0.6 is 22.9 Å². The minimum Gasteiger partial charge on any atom is -0.369 e. The van der Waals surface area contributed by atoms with Gasteiger partial charge in [-0.3, -0.25) is 4.79 Å². The molecule has 0 spiro atoms. The molecule has 3 rings (SSSR count). The molecule has 7 heteroatoms. The van der Waals surface area contributed by atoms with Crippen LogP contribution in [0.5, 0.6) is 0 Å². The Bertz CT molecular complexity index is 586. The van der Waals surface area contributed by atoms with E-state index in [2.05, 4.69) is 29.0 Å². The van der Waals surface area contributed by atoms with Gasteiger partial charge in [0.25, 0.3) is 0 Å². The molecule has 2 fully saturated rings. The summed E-state index contributed by atoms with van der Waals surface area (Å²) in [5, 5.41) is 4.61. The molecule has 24 heavy (non-hydrogen) atoms. The minimum atomic E-state index is -0.0932. The first kappa shape index (κ1) is 18.0. The van der Waals surface area contributed by atoms with Gasteiger partial charge in [0.05, 0.1) is 17.1 Å². The zero-order chi connectivity index (χ0) is 17.3. The third-order valence-electron chi connectivity index (χ3n) is 4.77. The number of anilines is 1. The van der Waals surface area contributed by atoms with Gasteiger partial charge in [-0.1, -0.05) is 36.8 Å². The topological polar surface area (TPSA) is 54.5 Å². The fourth-order valence-electron chi connectivity index (χ4n) is 3.51. The van der Waals surface area contributed by atoms with Gasteiger partial charge in [-0.05, 0) is 31.6 Å². The van der Waals surface area contributed by atoms with E-state index in [9.17, 15) is 4.79 Å². The van der Waals surface area contributed by atoms with Crippen molar-refractivity contribution in [2.24, 2.45) is 5.92 Å². The van der Waals surface area contributed by atoms with Crippen molar-refractivity contribution in [2.75, 3.05) is 18.0 Å². The standard InChI is InChI=1S/C17H26ClN3O2S/c1-10(2)13-8-12(19-11(3)22)9-14(23-13)15-16(18)20-17(24-15)21-6-4-5-7-21/h10,12-14H,4-9H2,1-3H3,(H,19,22)/t12-,13-,14+/m1/s1. The van der Waals surface area contributed by atoms with Crippen molar-refractivity contribution in [1.29, 1.82) is 0 Å². The summed E-state index contributed by atoms with van der Waals surface area (Å²) in [6, 6.07) is 0.127. The number of amides is 1. The van der Waals surface area contributed by atoms with E-state index in [1.165, 1.54) is 12.8 Å². The second kappa shape index (κ2) is 7.58. The fourth-order valence-corrected chi connectivity index (χ4v) is 4.93. The zero-order valence-corrected chi connectivity index (χ0v) is 16.1. The number of aromatic nitrogens is 1. The average Bonchev–Trinajstić information content (AvgIpc) is 3.15. The van der Waals surface area contributed by atoms with Crippen molar-refractivity contribution in [3.63, 3.8) is 0 Å². The lowest BCUT2D eigenvalue weighted by atomic mass is 9.92. The number of rotatable bonds is 4. The van der Waals surface area contributed by atoms with Crippen LogP contribution in [0.2, 0.25) is 5.15 Å². The number of nitrogens with zero attached hydrogens (tertiary/aromatic N) is 2. The normalized spacial score (nSPS) is 27.7. The second-order valence-corrected chi connectivity index (χ2v) is 8.49. The molecule has 1 amide bonds. The van der Waals surface area contributed by atoms with Crippen molar-refractivity contribution >= 4 is 34.0 Å². The molecular weight excluding hydrogens is 346 g/mol. The lowest BCUT2D eigenvalue weighted by Gasteiger charge is -2.37. The van der Waals surface area contributed by atoms with Gasteiger partial charge in [-0.25, -0.2) is 4.98 Å². The molecule has 2 aliphatic heterocycles. The highest BCUT2D eigenvalue weighted by atomic mass is 35.5. The first-order valence-electron chi connectivity index (χ1n) is 8.77. The number of carbonyl (C=O) groups is 1. The molecule has 0 aliphatic carbocycles. The highest BCUT2D eigenvalue weighted by molar-refractivity contribution is 7.16. The number of halogens is 1. The van der Waals surface area contributed by atoms with Gasteiger partial charge >= 0.3 is 0 Å². The van der Waals surface area contributed by atoms with Crippen molar-refractivity contribution in [3.05, 3.63) is 10.0 Å². The van der Waals surface area contributed by atoms with Crippen molar-refractivity contribution in [1.82, 2.24) is 10.3 Å². The van der Waals surface area contributed by atoms with Crippen LogP contribution in [0.3, 0.4) is 0 Å². The monoisotopic (exact) mass is 371 g/mol. The maximum atomic E-state index is 11.5. The minimum absolute atomic E-state index is 0.0105. The summed E-state index contributed by atoms with van der Waals surface area (Å²) in [4.78, 5) is 19.3. The van der Waals surface area contributed by atoms with Gasteiger partial charge in [-0.15, -0.1) is 0 Å². The Balaban J connectivity index is 1.79. The first-order chi connectivity index (χ1) is 11.4. The van der Waals surface area contributed by atoms with Gasteiger partial charge in [0, 0.05) is 26.1 Å². The van der Waals surface area contributed by atoms with Crippen LogP contribution in [0.25, 0.3) is 0 Å². The van der Waals surface area contributed by atoms with Crippen LogP contribution in [-0.4, -0.2) is 36.1 Å². The number of carbonyl (C=O) groups excluding carboxylic acids is 1. The van der Waals surface area contributed by atoms with Gasteiger partial charge in [0.15, 0.2) is 5.13 Å². The summed E-state index contributed by atoms with van der Waals surface area (Å²) in [5.41, 5.74) is 0. The van der Waals surface area contributed by atoms with Crippen LogP contribution in [-0.2, 0) is 9.53 Å². The SMILES string of the molecule is CC(=O)N[C@H]1C[C@@H](c2sc(N3CCCC3)nc2Cl)O[C@@H](C(C)C)C1. The summed E-state index contributed by atoms with van der Waals surface area (Å²) in [5.74, 6) is 0.408. The summed E-state index contributed by atoms with van der Waals surface area (Å²) < 4.78 is 6.32. The Morgan fingerprint density at radius 3 is 2.71 bits per heavy atom. The molecule has 0 saturated carbocycles. The smallest absolute Gasteiger partial charge is 0.217 e. The average molecular weight is 372 g/mol. The number of hydrogen-bond donors (Lipinski definition) is 1. The molecule has 2 aliphatic rings. The fraction of sp³-hybridized carbons (Fsp3) is 0.765. The van der Waals surface area contributed by atoms with Crippen molar-refractivity contribution in [3.8, 4) is 0 Å².